The van der Waals surface area contributed by atoms with E-state index in [-0.39, 0.29) is 11.5 Å². The summed E-state index contributed by atoms with van der Waals surface area (Å²) in [6.45, 7) is 6.45. The van der Waals surface area contributed by atoms with E-state index < -0.39 is 15.4 Å². The standard InChI is InChI=1S/C18H34N2O3S/c21-18(7-12-24(22,23)13-8-18)16-20-11-5-6-17(15-20)14-19-9-3-1-2-4-10-19/h17,21H,1-16H2. The molecule has 0 saturated carbocycles. The molecule has 0 aromatic rings. The van der Waals surface area contributed by atoms with E-state index in [0.29, 0.717) is 25.3 Å². The van der Waals surface area contributed by atoms with E-state index >= 15 is 0 Å². The minimum Gasteiger partial charge on any atom is -0.388 e. The van der Waals surface area contributed by atoms with Gasteiger partial charge < -0.3 is 14.9 Å². The van der Waals surface area contributed by atoms with Crippen LogP contribution in [0, 0.1) is 5.92 Å². The van der Waals surface area contributed by atoms with Gasteiger partial charge in [-0.25, -0.2) is 8.42 Å². The lowest BCUT2D eigenvalue weighted by atomic mass is 9.92. The molecule has 3 rings (SSSR count). The van der Waals surface area contributed by atoms with Gasteiger partial charge in [-0.3, -0.25) is 0 Å². The third kappa shape index (κ3) is 5.41. The van der Waals surface area contributed by atoms with Crippen LogP contribution in [0.25, 0.3) is 0 Å². The number of rotatable bonds is 4. The predicted molar refractivity (Wildman–Crippen MR) is 96.9 cm³/mol. The molecule has 3 aliphatic rings. The van der Waals surface area contributed by atoms with Gasteiger partial charge in [0.2, 0.25) is 0 Å². The van der Waals surface area contributed by atoms with E-state index in [9.17, 15) is 13.5 Å². The second kappa shape index (κ2) is 8.02. The molecule has 3 aliphatic heterocycles. The Hall–Kier alpha value is -0.170. The summed E-state index contributed by atoms with van der Waals surface area (Å²) >= 11 is 0. The maximum Gasteiger partial charge on any atom is 0.150 e. The molecule has 0 amide bonds. The fourth-order valence-corrected chi connectivity index (χ4v) is 6.21. The van der Waals surface area contributed by atoms with Crippen LogP contribution in [0.1, 0.15) is 51.4 Å². The normalized spacial score (nSPS) is 32.3. The summed E-state index contributed by atoms with van der Waals surface area (Å²) in [7, 11) is -2.91. The highest BCUT2D eigenvalue weighted by molar-refractivity contribution is 7.91. The number of nitrogens with zero attached hydrogens (tertiary/aromatic N) is 2. The van der Waals surface area contributed by atoms with Crippen molar-refractivity contribution in [3.63, 3.8) is 0 Å². The number of hydrogen-bond acceptors (Lipinski definition) is 5. The molecule has 0 radical (unpaired) electrons. The van der Waals surface area contributed by atoms with Crippen molar-refractivity contribution < 1.29 is 13.5 Å². The monoisotopic (exact) mass is 358 g/mol. The molecule has 140 valence electrons. The van der Waals surface area contributed by atoms with Gasteiger partial charge in [-0.05, 0) is 64.1 Å². The zero-order chi connectivity index (χ0) is 17.0. The lowest BCUT2D eigenvalue weighted by Crippen LogP contribution is -2.51. The summed E-state index contributed by atoms with van der Waals surface area (Å²) in [5.41, 5.74) is -0.796. The van der Waals surface area contributed by atoms with Gasteiger partial charge in [0.05, 0.1) is 17.1 Å². The summed E-state index contributed by atoms with van der Waals surface area (Å²) in [4.78, 5) is 5.03. The van der Waals surface area contributed by atoms with E-state index in [4.69, 9.17) is 0 Å². The van der Waals surface area contributed by atoms with Crippen molar-refractivity contribution in [1.29, 1.82) is 0 Å². The van der Waals surface area contributed by atoms with Crippen molar-refractivity contribution in [3.8, 4) is 0 Å². The summed E-state index contributed by atoms with van der Waals surface area (Å²) in [5, 5.41) is 10.8. The summed E-state index contributed by atoms with van der Waals surface area (Å²) < 4.78 is 23.2. The molecule has 0 bridgehead atoms. The Morgan fingerprint density at radius 1 is 0.917 bits per heavy atom. The number of sulfone groups is 1. The van der Waals surface area contributed by atoms with Gasteiger partial charge in [0.15, 0.2) is 9.84 Å². The molecule has 5 nitrogen and oxygen atoms in total. The predicted octanol–water partition coefficient (Wildman–Crippen LogP) is 1.51. The van der Waals surface area contributed by atoms with E-state index in [1.807, 2.05) is 0 Å². The average Bonchev–Trinajstić information content (AvgIpc) is 2.80. The second-order valence-electron chi connectivity index (χ2n) is 8.33. The van der Waals surface area contributed by atoms with E-state index in [2.05, 4.69) is 9.80 Å². The Bertz CT molecular complexity index is 486. The second-order valence-corrected chi connectivity index (χ2v) is 10.6. The van der Waals surface area contributed by atoms with E-state index in [1.165, 1.54) is 58.2 Å². The van der Waals surface area contributed by atoms with Gasteiger partial charge >= 0.3 is 0 Å². The SMILES string of the molecule is O=S1(=O)CCC(O)(CN2CCCC(CN3CCCCCC3)C2)CC1. The fourth-order valence-electron chi connectivity index (χ4n) is 4.62. The Morgan fingerprint density at radius 3 is 2.21 bits per heavy atom. The quantitative estimate of drug-likeness (QED) is 0.825. The smallest absolute Gasteiger partial charge is 0.150 e. The Kier molecular flexibility index (Phi) is 6.22. The molecule has 1 unspecified atom stereocenters. The van der Waals surface area contributed by atoms with Gasteiger partial charge in [0.25, 0.3) is 0 Å². The van der Waals surface area contributed by atoms with E-state index in [1.54, 1.807) is 0 Å². The van der Waals surface area contributed by atoms with Crippen molar-refractivity contribution in [3.05, 3.63) is 0 Å². The van der Waals surface area contributed by atoms with Gasteiger partial charge in [0.1, 0.15) is 0 Å². The van der Waals surface area contributed by atoms with Gasteiger partial charge in [-0.15, -0.1) is 0 Å². The van der Waals surface area contributed by atoms with Crippen molar-refractivity contribution in [2.45, 2.75) is 57.0 Å². The fraction of sp³-hybridized carbons (Fsp3) is 1.00. The molecule has 24 heavy (non-hydrogen) atoms. The molecular weight excluding hydrogens is 324 g/mol. The topological polar surface area (TPSA) is 60.9 Å². The van der Waals surface area contributed by atoms with Crippen molar-refractivity contribution in [2.24, 2.45) is 5.92 Å². The maximum atomic E-state index is 11.6. The number of piperidine rings is 1. The molecule has 3 fully saturated rings. The molecule has 1 N–H and O–H groups in total. The third-order valence-corrected chi connectivity index (χ3v) is 7.75. The van der Waals surface area contributed by atoms with Crippen molar-refractivity contribution >= 4 is 9.84 Å². The van der Waals surface area contributed by atoms with Crippen LogP contribution in [-0.4, -0.2) is 79.7 Å². The first kappa shape index (κ1) is 18.6. The number of aliphatic hydroxyl groups is 1. The zero-order valence-electron chi connectivity index (χ0n) is 15.0. The lowest BCUT2D eigenvalue weighted by Gasteiger charge is -2.41. The molecule has 0 aromatic heterocycles. The van der Waals surface area contributed by atoms with Crippen LogP contribution in [0.3, 0.4) is 0 Å². The van der Waals surface area contributed by atoms with Crippen LogP contribution in [0.15, 0.2) is 0 Å². The molecular formula is C18H34N2O3S. The first-order chi connectivity index (χ1) is 11.4. The lowest BCUT2D eigenvalue weighted by molar-refractivity contribution is -0.0170. The highest BCUT2D eigenvalue weighted by atomic mass is 32.2. The number of β-amino-alcohol motifs (C(OH)–C–C–N with tert-alkyl or cyclic N) is 1. The van der Waals surface area contributed by atoms with Crippen LogP contribution in [0.5, 0.6) is 0 Å². The van der Waals surface area contributed by atoms with Crippen LogP contribution in [0.4, 0.5) is 0 Å². The summed E-state index contributed by atoms with van der Waals surface area (Å²) in [5.74, 6) is 0.996. The molecule has 1 atom stereocenters. The highest BCUT2D eigenvalue weighted by Crippen LogP contribution is 2.27. The van der Waals surface area contributed by atoms with Gasteiger partial charge in [-0.2, -0.15) is 0 Å². The molecule has 0 aliphatic carbocycles. The highest BCUT2D eigenvalue weighted by Gasteiger charge is 2.37. The van der Waals surface area contributed by atoms with Gasteiger partial charge in [0, 0.05) is 19.6 Å². The van der Waals surface area contributed by atoms with Crippen LogP contribution in [-0.2, 0) is 9.84 Å². The number of hydrogen-bond donors (Lipinski definition) is 1. The Labute approximate surface area is 147 Å². The average molecular weight is 359 g/mol. The molecule has 3 saturated heterocycles. The minimum absolute atomic E-state index is 0.147. The third-order valence-electron chi connectivity index (χ3n) is 6.09. The molecule has 6 heteroatoms. The largest absolute Gasteiger partial charge is 0.388 e. The first-order valence-corrected chi connectivity index (χ1v) is 11.6. The van der Waals surface area contributed by atoms with Gasteiger partial charge in [-0.1, -0.05) is 12.8 Å². The Balaban J connectivity index is 1.48. The Morgan fingerprint density at radius 2 is 1.54 bits per heavy atom. The van der Waals surface area contributed by atoms with Crippen LogP contribution < -0.4 is 0 Å². The maximum absolute atomic E-state index is 11.6. The molecule has 0 aromatic carbocycles. The van der Waals surface area contributed by atoms with Crippen LogP contribution >= 0.6 is 0 Å². The number of likely N-dealkylation sites (tertiary alicyclic amines) is 2. The zero-order valence-corrected chi connectivity index (χ0v) is 15.8. The minimum atomic E-state index is -2.91. The van der Waals surface area contributed by atoms with E-state index in [0.717, 1.165) is 13.1 Å². The summed E-state index contributed by atoms with van der Waals surface area (Å²) in [6.07, 6.45) is 8.74. The molecule has 0 spiro atoms. The van der Waals surface area contributed by atoms with Crippen molar-refractivity contribution in [2.75, 3.05) is 50.8 Å². The van der Waals surface area contributed by atoms with Crippen LogP contribution in [0.2, 0.25) is 0 Å². The van der Waals surface area contributed by atoms with Crippen molar-refractivity contribution in [1.82, 2.24) is 9.80 Å². The first-order valence-electron chi connectivity index (χ1n) is 9.82. The molecule has 3 heterocycles. The summed E-state index contributed by atoms with van der Waals surface area (Å²) in [6, 6.07) is 0.